The molecule has 4 atom stereocenters. The van der Waals surface area contributed by atoms with Crippen molar-refractivity contribution in [2.75, 3.05) is 6.54 Å². The number of likely N-dealkylation sites (tertiary alicyclic amines) is 1. The van der Waals surface area contributed by atoms with E-state index < -0.39 is 0 Å². The second-order valence-electron chi connectivity index (χ2n) is 7.82. The number of benzene rings is 1. The lowest BCUT2D eigenvalue weighted by Gasteiger charge is -2.38. The first-order chi connectivity index (χ1) is 11.2. The van der Waals surface area contributed by atoms with Crippen LogP contribution in [0.3, 0.4) is 0 Å². The Morgan fingerprint density at radius 1 is 1.17 bits per heavy atom. The Balaban J connectivity index is 1.27. The summed E-state index contributed by atoms with van der Waals surface area (Å²) in [4.78, 5) is 15.0. The fraction of sp³-hybridized carbons (Fsp3) is 0.650. The highest BCUT2D eigenvalue weighted by molar-refractivity contribution is 5.82. The summed E-state index contributed by atoms with van der Waals surface area (Å²) in [5, 5.41) is 3.36. The Morgan fingerprint density at radius 2 is 1.91 bits per heavy atom. The lowest BCUT2D eigenvalue weighted by molar-refractivity contribution is -0.124. The van der Waals surface area contributed by atoms with Crippen LogP contribution in [0.1, 0.15) is 44.6 Å². The minimum absolute atomic E-state index is 0.355. The van der Waals surface area contributed by atoms with Gasteiger partial charge in [0, 0.05) is 31.1 Å². The number of rotatable bonds is 4. The van der Waals surface area contributed by atoms with Gasteiger partial charge in [0.15, 0.2) is 0 Å². The Hall–Kier alpha value is -1.35. The van der Waals surface area contributed by atoms with Gasteiger partial charge < -0.3 is 5.32 Å². The van der Waals surface area contributed by atoms with Crippen molar-refractivity contribution < 1.29 is 4.79 Å². The maximum Gasteiger partial charge on any atom is 0.223 e. The predicted octanol–water partition coefficient (Wildman–Crippen LogP) is 3.20. The molecule has 0 radical (unpaired) electrons. The normalized spacial score (nSPS) is 36.5. The number of carbonyl (C=O) groups excluding carboxylic acids is 1. The number of hydrogen-bond acceptors (Lipinski definition) is 2. The lowest BCUT2D eigenvalue weighted by atomic mass is 9.97. The van der Waals surface area contributed by atoms with E-state index in [-0.39, 0.29) is 0 Å². The van der Waals surface area contributed by atoms with Gasteiger partial charge in [0.25, 0.3) is 0 Å². The number of carbonyl (C=O) groups is 1. The topological polar surface area (TPSA) is 32.3 Å². The van der Waals surface area contributed by atoms with Crippen molar-refractivity contribution in [1.82, 2.24) is 10.2 Å². The van der Waals surface area contributed by atoms with Crippen LogP contribution in [0, 0.1) is 17.8 Å². The van der Waals surface area contributed by atoms with Crippen LogP contribution >= 0.6 is 0 Å². The Labute approximate surface area is 139 Å². The number of nitrogens with one attached hydrogen (secondary N) is 1. The third-order valence-electron chi connectivity index (χ3n) is 6.30. The first-order valence-electron chi connectivity index (χ1n) is 9.30. The molecule has 0 bridgehead atoms. The molecule has 1 amide bonds. The number of piperidine rings is 1. The van der Waals surface area contributed by atoms with E-state index in [4.69, 9.17) is 0 Å². The van der Waals surface area contributed by atoms with Crippen LogP contribution in [0.15, 0.2) is 30.3 Å². The first kappa shape index (κ1) is 15.2. The van der Waals surface area contributed by atoms with Gasteiger partial charge in [-0.15, -0.1) is 0 Å². The molecule has 3 nitrogen and oxygen atoms in total. The highest BCUT2D eigenvalue weighted by Crippen LogP contribution is 2.57. The first-order valence-corrected chi connectivity index (χ1v) is 9.30. The van der Waals surface area contributed by atoms with Gasteiger partial charge in [-0.25, -0.2) is 0 Å². The molecule has 1 aliphatic heterocycles. The monoisotopic (exact) mass is 312 g/mol. The van der Waals surface area contributed by atoms with E-state index in [1.165, 1.54) is 24.8 Å². The Morgan fingerprint density at radius 3 is 2.61 bits per heavy atom. The van der Waals surface area contributed by atoms with Crippen molar-refractivity contribution in [3.63, 3.8) is 0 Å². The summed E-state index contributed by atoms with van der Waals surface area (Å²) in [6, 6.07) is 11.6. The van der Waals surface area contributed by atoms with E-state index in [1.807, 2.05) is 0 Å². The Kier molecular flexibility index (Phi) is 4.14. The molecule has 1 aromatic carbocycles. The zero-order valence-corrected chi connectivity index (χ0v) is 14.1. The van der Waals surface area contributed by atoms with Crippen molar-refractivity contribution in [2.24, 2.45) is 17.8 Å². The molecule has 23 heavy (non-hydrogen) atoms. The number of hydrogen-bond donors (Lipinski definition) is 1. The van der Waals surface area contributed by atoms with Crippen molar-refractivity contribution in [1.29, 1.82) is 0 Å². The van der Waals surface area contributed by atoms with Crippen LogP contribution < -0.4 is 5.32 Å². The molecule has 3 heteroatoms. The second-order valence-corrected chi connectivity index (χ2v) is 7.82. The summed E-state index contributed by atoms with van der Waals surface area (Å²) < 4.78 is 0. The quantitative estimate of drug-likeness (QED) is 0.926. The van der Waals surface area contributed by atoms with Crippen LogP contribution in [0.25, 0.3) is 0 Å². The van der Waals surface area contributed by atoms with Crippen molar-refractivity contribution >= 4 is 5.91 Å². The zero-order valence-electron chi connectivity index (χ0n) is 14.1. The number of fused-ring (bicyclic) bond motifs is 1. The van der Waals surface area contributed by atoms with Gasteiger partial charge >= 0.3 is 0 Å². The molecule has 124 valence electrons. The molecule has 3 fully saturated rings. The molecule has 1 heterocycles. The van der Waals surface area contributed by atoms with E-state index in [1.54, 1.807) is 0 Å². The van der Waals surface area contributed by atoms with Crippen LogP contribution in [-0.2, 0) is 11.3 Å². The molecule has 3 aliphatic rings. The van der Waals surface area contributed by atoms with Crippen LogP contribution in [0.5, 0.6) is 0 Å². The SMILES string of the molecule is CC1CC(NC(=O)C2C3CCCC32)CCN1Cc1ccccc1. The van der Waals surface area contributed by atoms with E-state index in [9.17, 15) is 4.79 Å². The van der Waals surface area contributed by atoms with Gasteiger partial charge in [-0.3, -0.25) is 9.69 Å². The average Bonchev–Trinajstić information content (AvgIpc) is 3.04. The molecule has 4 unspecified atom stereocenters. The highest BCUT2D eigenvalue weighted by Gasteiger charge is 2.56. The minimum atomic E-state index is 0.355. The number of amides is 1. The summed E-state index contributed by atoms with van der Waals surface area (Å²) in [7, 11) is 0. The summed E-state index contributed by atoms with van der Waals surface area (Å²) in [6.07, 6.45) is 6.09. The minimum Gasteiger partial charge on any atom is -0.353 e. The molecule has 1 N–H and O–H groups in total. The lowest BCUT2D eigenvalue weighted by Crippen LogP contribution is -2.49. The smallest absolute Gasteiger partial charge is 0.223 e. The molecular weight excluding hydrogens is 284 g/mol. The zero-order chi connectivity index (χ0) is 15.8. The molecule has 2 aliphatic carbocycles. The van der Waals surface area contributed by atoms with E-state index in [2.05, 4.69) is 47.5 Å². The molecular formula is C20H28N2O. The van der Waals surface area contributed by atoms with Gasteiger partial charge in [0.05, 0.1) is 0 Å². The molecule has 0 spiro atoms. The number of nitrogens with zero attached hydrogens (tertiary/aromatic N) is 1. The van der Waals surface area contributed by atoms with E-state index in [0.717, 1.165) is 37.8 Å². The Bertz CT molecular complexity index is 548. The summed E-state index contributed by atoms with van der Waals surface area (Å²) in [5.74, 6) is 2.17. The van der Waals surface area contributed by atoms with Gasteiger partial charge in [0.2, 0.25) is 5.91 Å². The average molecular weight is 312 g/mol. The van der Waals surface area contributed by atoms with E-state index >= 15 is 0 Å². The second kappa shape index (κ2) is 6.27. The van der Waals surface area contributed by atoms with Crippen molar-refractivity contribution in [3.05, 3.63) is 35.9 Å². The molecule has 4 rings (SSSR count). The largest absolute Gasteiger partial charge is 0.353 e. The van der Waals surface area contributed by atoms with Crippen molar-refractivity contribution in [2.45, 2.75) is 57.7 Å². The molecule has 1 saturated heterocycles. The third kappa shape index (κ3) is 3.16. The molecule has 2 saturated carbocycles. The standard InChI is InChI=1S/C20H28N2O/c1-14-12-16(21-20(23)19-17-8-5-9-18(17)19)10-11-22(14)13-15-6-3-2-4-7-15/h2-4,6-7,14,16-19H,5,8-13H2,1H3,(H,21,23). The fourth-order valence-electron chi connectivity index (χ4n) is 4.91. The summed E-state index contributed by atoms with van der Waals surface area (Å²) >= 11 is 0. The highest BCUT2D eigenvalue weighted by atomic mass is 16.2. The summed E-state index contributed by atoms with van der Waals surface area (Å²) in [5.41, 5.74) is 1.38. The summed E-state index contributed by atoms with van der Waals surface area (Å²) in [6.45, 7) is 4.40. The maximum atomic E-state index is 12.4. The third-order valence-corrected chi connectivity index (χ3v) is 6.30. The predicted molar refractivity (Wildman–Crippen MR) is 91.8 cm³/mol. The van der Waals surface area contributed by atoms with Crippen LogP contribution in [0.2, 0.25) is 0 Å². The van der Waals surface area contributed by atoms with Gasteiger partial charge in [-0.05, 0) is 50.0 Å². The van der Waals surface area contributed by atoms with Crippen LogP contribution in [0.4, 0.5) is 0 Å². The van der Waals surface area contributed by atoms with E-state index in [0.29, 0.717) is 23.9 Å². The van der Waals surface area contributed by atoms with Gasteiger partial charge in [-0.2, -0.15) is 0 Å². The maximum absolute atomic E-state index is 12.4. The fourth-order valence-corrected chi connectivity index (χ4v) is 4.91. The molecule has 0 aromatic heterocycles. The van der Waals surface area contributed by atoms with Gasteiger partial charge in [-0.1, -0.05) is 36.8 Å². The van der Waals surface area contributed by atoms with Gasteiger partial charge in [0.1, 0.15) is 0 Å². The van der Waals surface area contributed by atoms with Crippen LogP contribution in [-0.4, -0.2) is 29.4 Å². The molecule has 1 aromatic rings. The van der Waals surface area contributed by atoms with Crippen molar-refractivity contribution in [3.8, 4) is 0 Å².